The standard InChI is InChI=1S/C13H12Cl2N2O2S/c14-7-5-11(18)16-13-9-3-1-2-4-10(9)17(20-13)12(19)6-8-15/h1-4H,5-8H2. The summed E-state index contributed by atoms with van der Waals surface area (Å²) in [5, 5.41) is 0.781. The first kappa shape index (κ1) is 15.2. The van der Waals surface area contributed by atoms with Crippen LogP contribution in [0.5, 0.6) is 0 Å². The molecule has 0 N–H and O–H groups in total. The van der Waals surface area contributed by atoms with Gasteiger partial charge in [0.1, 0.15) is 4.67 Å². The molecule has 0 aliphatic rings. The molecule has 0 saturated heterocycles. The molecular formula is C13H12Cl2N2O2S. The molecule has 1 aromatic carbocycles. The minimum Gasteiger partial charge on any atom is -0.273 e. The molecule has 20 heavy (non-hydrogen) atoms. The number of amides is 1. The van der Waals surface area contributed by atoms with Gasteiger partial charge in [0.2, 0.25) is 11.8 Å². The first-order valence-electron chi connectivity index (χ1n) is 6.01. The Balaban J connectivity index is 2.57. The van der Waals surface area contributed by atoms with Crippen LogP contribution in [0.15, 0.2) is 29.3 Å². The molecule has 0 atom stereocenters. The number of carbonyl (C=O) groups is 2. The highest BCUT2D eigenvalue weighted by Crippen LogP contribution is 2.15. The number of alkyl halides is 2. The molecule has 7 heteroatoms. The summed E-state index contributed by atoms with van der Waals surface area (Å²) in [6, 6.07) is 7.34. The van der Waals surface area contributed by atoms with Crippen molar-refractivity contribution < 1.29 is 9.59 Å². The van der Waals surface area contributed by atoms with E-state index >= 15 is 0 Å². The number of fused-ring (bicyclic) bond motifs is 1. The van der Waals surface area contributed by atoms with E-state index in [2.05, 4.69) is 4.99 Å². The van der Waals surface area contributed by atoms with Gasteiger partial charge in [-0.05, 0) is 23.7 Å². The second-order valence-electron chi connectivity index (χ2n) is 3.99. The summed E-state index contributed by atoms with van der Waals surface area (Å²) in [5.74, 6) is 0.100. The van der Waals surface area contributed by atoms with Gasteiger partial charge >= 0.3 is 0 Å². The van der Waals surface area contributed by atoms with Crippen LogP contribution in [0.1, 0.15) is 17.6 Å². The molecule has 0 aliphatic heterocycles. The van der Waals surface area contributed by atoms with Crippen LogP contribution in [-0.4, -0.2) is 27.5 Å². The van der Waals surface area contributed by atoms with Gasteiger partial charge in [-0.2, -0.15) is 0 Å². The van der Waals surface area contributed by atoms with E-state index in [4.69, 9.17) is 23.2 Å². The molecular weight excluding hydrogens is 319 g/mol. The number of hydrogen-bond acceptors (Lipinski definition) is 3. The van der Waals surface area contributed by atoms with Crippen LogP contribution < -0.4 is 4.67 Å². The summed E-state index contributed by atoms with van der Waals surface area (Å²) in [5.41, 5.74) is 0.741. The quantitative estimate of drug-likeness (QED) is 0.809. The second kappa shape index (κ2) is 7.02. The van der Waals surface area contributed by atoms with Crippen LogP contribution >= 0.6 is 34.7 Å². The molecule has 2 aromatic rings. The minimum absolute atomic E-state index is 0.104. The van der Waals surface area contributed by atoms with Gasteiger partial charge in [0, 0.05) is 30.0 Å². The van der Waals surface area contributed by atoms with Crippen LogP contribution in [0, 0.1) is 0 Å². The summed E-state index contributed by atoms with van der Waals surface area (Å²) in [4.78, 5) is 27.7. The van der Waals surface area contributed by atoms with Gasteiger partial charge < -0.3 is 0 Å². The van der Waals surface area contributed by atoms with Crippen molar-refractivity contribution in [3.8, 4) is 0 Å². The van der Waals surface area contributed by atoms with Crippen LogP contribution in [0.25, 0.3) is 10.9 Å². The van der Waals surface area contributed by atoms with Crippen LogP contribution in [0.2, 0.25) is 0 Å². The van der Waals surface area contributed by atoms with Crippen molar-refractivity contribution in [2.45, 2.75) is 12.8 Å². The van der Waals surface area contributed by atoms with Crippen molar-refractivity contribution in [1.82, 2.24) is 3.96 Å². The lowest BCUT2D eigenvalue weighted by atomic mass is 10.2. The van der Waals surface area contributed by atoms with Crippen LogP contribution in [0.4, 0.5) is 0 Å². The zero-order chi connectivity index (χ0) is 14.5. The Kier molecular flexibility index (Phi) is 5.34. The van der Waals surface area contributed by atoms with Gasteiger partial charge in [0.15, 0.2) is 0 Å². The Morgan fingerprint density at radius 3 is 2.55 bits per heavy atom. The molecule has 0 fully saturated rings. The highest BCUT2D eigenvalue weighted by atomic mass is 35.5. The predicted molar refractivity (Wildman–Crippen MR) is 81.7 cm³/mol. The van der Waals surface area contributed by atoms with E-state index in [1.165, 1.54) is 3.96 Å². The van der Waals surface area contributed by atoms with Gasteiger partial charge in [0.25, 0.3) is 0 Å². The highest BCUT2D eigenvalue weighted by Gasteiger charge is 2.12. The van der Waals surface area contributed by atoms with Crippen LogP contribution in [-0.2, 0) is 4.79 Å². The second-order valence-corrected chi connectivity index (χ2v) is 5.68. The molecule has 0 saturated carbocycles. The van der Waals surface area contributed by atoms with E-state index in [9.17, 15) is 9.59 Å². The minimum atomic E-state index is -0.288. The predicted octanol–water partition coefficient (Wildman–Crippen LogP) is 3.03. The zero-order valence-corrected chi connectivity index (χ0v) is 12.8. The fourth-order valence-corrected chi connectivity index (χ4v) is 3.08. The van der Waals surface area contributed by atoms with Crippen LogP contribution in [0.3, 0.4) is 0 Å². The van der Waals surface area contributed by atoms with E-state index < -0.39 is 0 Å². The zero-order valence-electron chi connectivity index (χ0n) is 10.5. The molecule has 1 amide bonds. The Morgan fingerprint density at radius 1 is 1.15 bits per heavy atom. The molecule has 1 aromatic heterocycles. The summed E-state index contributed by atoms with van der Waals surface area (Å²) >= 11 is 12.3. The first-order valence-corrected chi connectivity index (χ1v) is 7.85. The van der Waals surface area contributed by atoms with Gasteiger partial charge in [-0.3, -0.25) is 9.59 Å². The largest absolute Gasteiger partial charge is 0.273 e. The molecule has 0 bridgehead atoms. The monoisotopic (exact) mass is 330 g/mol. The van der Waals surface area contributed by atoms with Crippen molar-refractivity contribution in [2.24, 2.45) is 4.99 Å². The van der Waals surface area contributed by atoms with E-state index in [0.29, 0.717) is 4.67 Å². The number of carbonyl (C=O) groups excluding carboxylic acids is 2. The number of rotatable bonds is 4. The molecule has 0 spiro atoms. The number of halogens is 2. The van der Waals surface area contributed by atoms with Crippen molar-refractivity contribution in [1.29, 1.82) is 0 Å². The lowest BCUT2D eigenvalue weighted by Crippen LogP contribution is -2.08. The topological polar surface area (TPSA) is 51.4 Å². The molecule has 0 unspecified atom stereocenters. The normalized spacial score (nSPS) is 12.0. The number of hydrogen-bond donors (Lipinski definition) is 0. The number of para-hydroxylation sites is 1. The third-order valence-electron chi connectivity index (χ3n) is 2.60. The van der Waals surface area contributed by atoms with Crippen molar-refractivity contribution in [2.75, 3.05) is 11.8 Å². The van der Waals surface area contributed by atoms with Gasteiger partial charge in [-0.15, -0.1) is 23.2 Å². The summed E-state index contributed by atoms with van der Waals surface area (Å²) < 4.78 is 2.06. The van der Waals surface area contributed by atoms with E-state index in [1.54, 1.807) is 0 Å². The van der Waals surface area contributed by atoms with Gasteiger partial charge in [-0.25, -0.2) is 8.95 Å². The molecule has 106 valence electrons. The van der Waals surface area contributed by atoms with Crippen molar-refractivity contribution in [3.05, 3.63) is 28.9 Å². The van der Waals surface area contributed by atoms with Crippen molar-refractivity contribution >= 4 is 57.5 Å². The number of benzene rings is 1. The Labute approximate surface area is 129 Å². The van der Waals surface area contributed by atoms with Crippen molar-refractivity contribution in [3.63, 3.8) is 0 Å². The van der Waals surface area contributed by atoms with E-state index in [-0.39, 0.29) is 36.4 Å². The maximum Gasteiger partial charge on any atom is 0.248 e. The lowest BCUT2D eigenvalue weighted by Gasteiger charge is -1.99. The highest BCUT2D eigenvalue weighted by molar-refractivity contribution is 7.06. The summed E-state index contributed by atoms with van der Waals surface area (Å²) in [7, 11) is 0. The molecule has 0 radical (unpaired) electrons. The average Bonchev–Trinajstić information content (AvgIpc) is 2.79. The molecule has 1 heterocycles. The molecule has 4 nitrogen and oxygen atoms in total. The third kappa shape index (κ3) is 3.29. The summed E-state index contributed by atoms with van der Waals surface area (Å²) in [6.07, 6.45) is 0.426. The van der Waals surface area contributed by atoms with E-state index in [1.807, 2.05) is 24.3 Å². The maximum absolute atomic E-state index is 12.0. The fraction of sp³-hybridized carbons (Fsp3) is 0.308. The van der Waals surface area contributed by atoms with Gasteiger partial charge in [-0.1, -0.05) is 12.1 Å². The number of nitrogens with zero attached hydrogens (tertiary/aromatic N) is 2. The average molecular weight is 331 g/mol. The molecule has 0 aliphatic carbocycles. The third-order valence-corrected chi connectivity index (χ3v) is 4.05. The SMILES string of the molecule is O=C(CCCl)N=c1sn(C(=O)CCCl)c2ccccc12. The summed E-state index contributed by atoms with van der Waals surface area (Å²) in [6.45, 7) is 0. The Hall–Kier alpha value is -1.17. The molecule has 2 rings (SSSR count). The smallest absolute Gasteiger partial charge is 0.248 e. The Bertz CT molecular complexity index is 706. The maximum atomic E-state index is 12.0. The lowest BCUT2D eigenvalue weighted by molar-refractivity contribution is -0.117. The van der Waals surface area contributed by atoms with E-state index in [0.717, 1.165) is 22.4 Å². The first-order chi connectivity index (χ1) is 9.67. The fourth-order valence-electron chi connectivity index (χ4n) is 1.71. The van der Waals surface area contributed by atoms with Gasteiger partial charge in [0.05, 0.1) is 5.52 Å². The number of aromatic nitrogens is 1. The Morgan fingerprint density at radius 2 is 1.85 bits per heavy atom.